The van der Waals surface area contributed by atoms with E-state index in [-0.39, 0.29) is 30.9 Å². The largest absolute Gasteiger partial charge is 0.394 e. The van der Waals surface area contributed by atoms with E-state index in [2.05, 4.69) is 21.2 Å². The molecule has 1 rings (SSSR count). The topological polar surface area (TPSA) is 58.3 Å². The number of anilines is 1. The monoisotopic (exact) mass is 304 g/mol. The van der Waals surface area contributed by atoms with Crippen LogP contribution in [0, 0.1) is 11.7 Å². The lowest BCUT2D eigenvalue weighted by Crippen LogP contribution is -2.29. The van der Waals surface area contributed by atoms with E-state index in [1.807, 2.05) is 13.8 Å². The molecule has 0 saturated heterocycles. The molecule has 0 spiro atoms. The van der Waals surface area contributed by atoms with Gasteiger partial charge in [-0.2, -0.15) is 0 Å². The minimum absolute atomic E-state index is 0.0344. The van der Waals surface area contributed by atoms with Crippen molar-refractivity contribution in [3.63, 3.8) is 0 Å². The molecular weight excluding hydrogens is 287 g/mol. The van der Waals surface area contributed by atoms with Gasteiger partial charge in [-0.3, -0.25) is 0 Å². The summed E-state index contributed by atoms with van der Waals surface area (Å²) in [5.41, 5.74) is 6.59. The van der Waals surface area contributed by atoms with Crippen LogP contribution in [0.2, 0.25) is 0 Å². The molecule has 1 aromatic carbocycles. The summed E-state index contributed by atoms with van der Waals surface area (Å²) in [6.45, 7) is 4.18. The highest BCUT2D eigenvalue weighted by atomic mass is 79.9. The molecule has 4 N–H and O–H groups in total. The van der Waals surface area contributed by atoms with Gasteiger partial charge in [0.2, 0.25) is 0 Å². The van der Waals surface area contributed by atoms with Gasteiger partial charge in [-0.25, -0.2) is 4.39 Å². The van der Waals surface area contributed by atoms with Gasteiger partial charge in [0.1, 0.15) is 0 Å². The first-order valence-corrected chi connectivity index (χ1v) is 6.34. The van der Waals surface area contributed by atoms with Gasteiger partial charge in [0, 0.05) is 6.54 Å². The standard InChI is InChI=1S/C12H18BrFN2O/c1-7(2)10(6-17)16-9-4-3-8(5-15)11(13)12(9)14/h3-4,7,10,16-17H,5-6,15H2,1-2H3. The van der Waals surface area contributed by atoms with Crippen LogP contribution in [0.3, 0.4) is 0 Å². The van der Waals surface area contributed by atoms with Crippen molar-refractivity contribution in [1.29, 1.82) is 0 Å². The SMILES string of the molecule is CC(C)C(CO)Nc1ccc(CN)c(Br)c1F. The fourth-order valence-corrected chi connectivity index (χ4v) is 1.99. The smallest absolute Gasteiger partial charge is 0.160 e. The maximum absolute atomic E-state index is 14.0. The number of hydrogen-bond donors (Lipinski definition) is 3. The summed E-state index contributed by atoms with van der Waals surface area (Å²) in [5, 5.41) is 12.2. The highest BCUT2D eigenvalue weighted by Crippen LogP contribution is 2.27. The van der Waals surface area contributed by atoms with Gasteiger partial charge in [0.15, 0.2) is 5.82 Å². The first kappa shape index (κ1) is 14.4. The van der Waals surface area contributed by atoms with Crippen LogP contribution < -0.4 is 11.1 Å². The molecule has 0 aromatic heterocycles. The summed E-state index contributed by atoms with van der Waals surface area (Å²) in [6.07, 6.45) is 0. The number of rotatable bonds is 5. The van der Waals surface area contributed by atoms with Crippen LogP contribution in [0.1, 0.15) is 19.4 Å². The molecule has 96 valence electrons. The Morgan fingerprint density at radius 2 is 2.12 bits per heavy atom. The number of nitrogens with two attached hydrogens (primary N) is 1. The third kappa shape index (κ3) is 3.40. The van der Waals surface area contributed by atoms with E-state index in [0.29, 0.717) is 10.2 Å². The van der Waals surface area contributed by atoms with E-state index < -0.39 is 0 Å². The Balaban J connectivity index is 2.96. The van der Waals surface area contributed by atoms with Crippen LogP contribution in [0.4, 0.5) is 10.1 Å². The van der Waals surface area contributed by atoms with Gasteiger partial charge in [-0.1, -0.05) is 19.9 Å². The van der Waals surface area contributed by atoms with Crippen LogP contribution in [0.15, 0.2) is 16.6 Å². The molecule has 0 heterocycles. The van der Waals surface area contributed by atoms with Gasteiger partial charge >= 0.3 is 0 Å². The Labute approximate surface area is 109 Å². The van der Waals surface area contributed by atoms with Gasteiger partial charge < -0.3 is 16.2 Å². The third-order valence-electron chi connectivity index (χ3n) is 2.72. The zero-order valence-electron chi connectivity index (χ0n) is 10.0. The van der Waals surface area contributed by atoms with E-state index in [1.165, 1.54) is 0 Å². The first-order chi connectivity index (χ1) is 8.01. The summed E-state index contributed by atoms with van der Waals surface area (Å²) in [5.74, 6) is -0.153. The zero-order valence-corrected chi connectivity index (χ0v) is 11.6. The van der Waals surface area contributed by atoms with Crippen molar-refractivity contribution in [2.75, 3.05) is 11.9 Å². The Kier molecular flexibility index (Phi) is 5.36. The summed E-state index contributed by atoms with van der Waals surface area (Å²) < 4.78 is 14.3. The number of nitrogens with one attached hydrogen (secondary N) is 1. The maximum Gasteiger partial charge on any atom is 0.160 e. The molecule has 1 aromatic rings. The molecular formula is C12H18BrFN2O. The molecule has 3 nitrogen and oxygen atoms in total. The van der Waals surface area contributed by atoms with Crippen LogP contribution >= 0.6 is 15.9 Å². The molecule has 0 aliphatic heterocycles. The Morgan fingerprint density at radius 1 is 1.47 bits per heavy atom. The summed E-state index contributed by atoms with van der Waals surface area (Å²) in [4.78, 5) is 0. The van der Waals surface area contributed by atoms with Crippen LogP contribution in [0.5, 0.6) is 0 Å². The van der Waals surface area contributed by atoms with Crippen molar-refractivity contribution >= 4 is 21.6 Å². The molecule has 0 bridgehead atoms. The van der Waals surface area contributed by atoms with Crippen molar-refractivity contribution in [2.24, 2.45) is 11.7 Å². The molecule has 0 aliphatic rings. The Morgan fingerprint density at radius 3 is 2.59 bits per heavy atom. The number of aliphatic hydroxyl groups is 1. The predicted molar refractivity (Wildman–Crippen MR) is 71.3 cm³/mol. The fraction of sp³-hybridized carbons (Fsp3) is 0.500. The second-order valence-corrected chi connectivity index (χ2v) is 5.07. The molecule has 17 heavy (non-hydrogen) atoms. The average molecular weight is 305 g/mol. The van der Waals surface area contributed by atoms with Crippen molar-refractivity contribution in [3.05, 3.63) is 28.0 Å². The molecule has 0 saturated carbocycles. The first-order valence-electron chi connectivity index (χ1n) is 5.55. The number of benzene rings is 1. The Hall–Kier alpha value is -0.650. The second kappa shape index (κ2) is 6.33. The lowest BCUT2D eigenvalue weighted by molar-refractivity contribution is 0.249. The number of hydrogen-bond acceptors (Lipinski definition) is 3. The van der Waals surface area contributed by atoms with Gasteiger partial charge in [-0.05, 0) is 33.5 Å². The second-order valence-electron chi connectivity index (χ2n) is 4.28. The molecule has 0 fully saturated rings. The van der Waals surface area contributed by atoms with Gasteiger partial charge in [0.25, 0.3) is 0 Å². The maximum atomic E-state index is 14.0. The summed E-state index contributed by atoms with van der Waals surface area (Å²) in [6, 6.07) is 3.25. The lowest BCUT2D eigenvalue weighted by Gasteiger charge is -2.22. The minimum Gasteiger partial charge on any atom is -0.394 e. The highest BCUT2D eigenvalue weighted by Gasteiger charge is 2.16. The van der Waals surface area contributed by atoms with E-state index in [1.54, 1.807) is 12.1 Å². The number of halogens is 2. The fourth-order valence-electron chi connectivity index (χ4n) is 1.48. The van der Waals surface area contributed by atoms with Crippen molar-refractivity contribution in [3.8, 4) is 0 Å². The van der Waals surface area contributed by atoms with Crippen molar-refractivity contribution < 1.29 is 9.50 Å². The molecule has 5 heteroatoms. The van der Waals surface area contributed by atoms with E-state index >= 15 is 0 Å². The molecule has 0 aliphatic carbocycles. The molecule has 0 amide bonds. The normalized spacial score (nSPS) is 12.9. The zero-order chi connectivity index (χ0) is 13.0. The van der Waals surface area contributed by atoms with Gasteiger partial charge in [0.05, 0.1) is 22.8 Å². The predicted octanol–water partition coefficient (Wildman–Crippen LogP) is 2.48. The van der Waals surface area contributed by atoms with Crippen LogP contribution in [0.25, 0.3) is 0 Å². The minimum atomic E-state index is -0.368. The summed E-state index contributed by atoms with van der Waals surface area (Å²) in [7, 11) is 0. The molecule has 1 unspecified atom stereocenters. The van der Waals surface area contributed by atoms with Crippen LogP contribution in [-0.4, -0.2) is 17.8 Å². The van der Waals surface area contributed by atoms with Gasteiger partial charge in [-0.15, -0.1) is 0 Å². The Bertz CT molecular complexity index is 385. The summed E-state index contributed by atoms with van der Waals surface area (Å²) >= 11 is 3.18. The lowest BCUT2D eigenvalue weighted by atomic mass is 10.0. The number of aliphatic hydroxyl groups excluding tert-OH is 1. The highest BCUT2D eigenvalue weighted by molar-refractivity contribution is 9.10. The molecule has 0 radical (unpaired) electrons. The van der Waals surface area contributed by atoms with E-state index in [4.69, 9.17) is 5.73 Å². The van der Waals surface area contributed by atoms with E-state index in [9.17, 15) is 9.50 Å². The average Bonchev–Trinajstić information content (AvgIpc) is 2.30. The van der Waals surface area contributed by atoms with E-state index in [0.717, 1.165) is 5.56 Å². The molecule has 1 atom stereocenters. The van der Waals surface area contributed by atoms with Crippen LogP contribution in [-0.2, 0) is 6.54 Å². The van der Waals surface area contributed by atoms with Crippen molar-refractivity contribution in [2.45, 2.75) is 26.4 Å². The third-order valence-corrected chi connectivity index (χ3v) is 3.58. The quantitative estimate of drug-likeness (QED) is 0.783. The van der Waals surface area contributed by atoms with Crippen molar-refractivity contribution in [1.82, 2.24) is 0 Å².